The Morgan fingerprint density at radius 1 is 0.889 bits per heavy atom. The molecule has 0 fully saturated rings. The molecule has 0 saturated heterocycles. The predicted octanol–water partition coefficient (Wildman–Crippen LogP) is 4.26. The lowest BCUT2D eigenvalue weighted by atomic mass is 10.1. The predicted molar refractivity (Wildman–Crippen MR) is 114 cm³/mol. The van der Waals surface area contributed by atoms with E-state index in [1.807, 2.05) is 42.5 Å². The van der Waals surface area contributed by atoms with E-state index in [0.29, 0.717) is 24.2 Å². The fraction of sp³-hybridized carbons (Fsp3) is 0.286. The highest BCUT2D eigenvalue weighted by Gasteiger charge is 2.07. The molecule has 142 valence electrons. The van der Waals surface area contributed by atoms with E-state index in [4.69, 9.17) is 12.2 Å². The van der Waals surface area contributed by atoms with Gasteiger partial charge in [-0.3, -0.25) is 9.59 Å². The average molecular weight is 384 g/mol. The van der Waals surface area contributed by atoms with Crippen molar-refractivity contribution in [3.05, 3.63) is 60.2 Å². The molecule has 2 rings (SSSR count). The van der Waals surface area contributed by atoms with Crippen molar-refractivity contribution in [1.29, 1.82) is 0 Å². The number of nitrogens with one attached hydrogen (secondary N) is 3. The fourth-order valence-corrected chi connectivity index (χ4v) is 2.78. The van der Waals surface area contributed by atoms with Gasteiger partial charge in [0, 0.05) is 17.8 Å². The third-order valence-electron chi connectivity index (χ3n) is 3.87. The van der Waals surface area contributed by atoms with Gasteiger partial charge in [0.15, 0.2) is 5.11 Å². The number of carbonyl (C=O) groups excluding carboxylic acids is 2. The number of hydrogen-bond donors (Lipinski definition) is 3. The molecule has 0 unspecified atom stereocenters. The van der Waals surface area contributed by atoms with Crippen LogP contribution in [0.1, 0.15) is 38.2 Å². The quantitative estimate of drug-likeness (QED) is 0.470. The Labute approximate surface area is 165 Å². The minimum Gasteiger partial charge on any atom is -0.332 e. The second-order valence-corrected chi connectivity index (χ2v) is 6.66. The molecule has 0 aliphatic heterocycles. The highest BCUT2D eigenvalue weighted by atomic mass is 32.1. The Balaban J connectivity index is 1.84. The standard InChI is InChI=1S/C21H25N3O2S/c1-2-3-5-13-19(25)24-21(27)23-18-12-8-11-17(15-18)22-20(26)14-16-9-6-4-7-10-16/h4,6-12,15H,2-3,5,13-14H2,1H3,(H,22,26)(H2,23,24,25,27). The largest absolute Gasteiger partial charge is 0.332 e. The van der Waals surface area contributed by atoms with Gasteiger partial charge in [-0.15, -0.1) is 0 Å². The zero-order valence-electron chi connectivity index (χ0n) is 15.5. The molecule has 0 radical (unpaired) electrons. The number of carbonyl (C=O) groups is 2. The molecular formula is C21H25N3O2S. The van der Waals surface area contributed by atoms with Gasteiger partial charge in [-0.05, 0) is 42.4 Å². The van der Waals surface area contributed by atoms with E-state index in [-0.39, 0.29) is 16.9 Å². The van der Waals surface area contributed by atoms with E-state index in [0.717, 1.165) is 24.8 Å². The summed E-state index contributed by atoms with van der Waals surface area (Å²) in [6.07, 6.45) is 3.72. The van der Waals surface area contributed by atoms with Crippen molar-refractivity contribution >= 4 is 40.5 Å². The second-order valence-electron chi connectivity index (χ2n) is 6.25. The SMILES string of the molecule is CCCCCC(=O)NC(=S)Nc1cccc(NC(=O)Cc2ccccc2)c1. The van der Waals surface area contributed by atoms with Crippen molar-refractivity contribution in [3.8, 4) is 0 Å². The smallest absolute Gasteiger partial charge is 0.228 e. The summed E-state index contributed by atoms with van der Waals surface area (Å²) in [4.78, 5) is 24.0. The van der Waals surface area contributed by atoms with E-state index < -0.39 is 0 Å². The molecule has 2 amide bonds. The summed E-state index contributed by atoms with van der Waals surface area (Å²) >= 11 is 5.18. The number of thiocarbonyl (C=S) groups is 1. The van der Waals surface area contributed by atoms with Crippen molar-refractivity contribution in [2.45, 2.75) is 39.0 Å². The fourth-order valence-electron chi connectivity index (χ4n) is 2.55. The topological polar surface area (TPSA) is 70.2 Å². The monoisotopic (exact) mass is 383 g/mol. The maximum atomic E-state index is 12.2. The summed E-state index contributed by atoms with van der Waals surface area (Å²) in [7, 11) is 0. The molecule has 6 heteroatoms. The molecular weight excluding hydrogens is 358 g/mol. The van der Waals surface area contributed by atoms with Gasteiger partial charge in [0.25, 0.3) is 0 Å². The maximum Gasteiger partial charge on any atom is 0.228 e. The summed E-state index contributed by atoms with van der Waals surface area (Å²) in [5.74, 6) is -0.182. The van der Waals surface area contributed by atoms with Crippen LogP contribution in [0.15, 0.2) is 54.6 Å². The molecule has 0 atom stereocenters. The first-order valence-corrected chi connectivity index (χ1v) is 9.52. The van der Waals surface area contributed by atoms with Gasteiger partial charge < -0.3 is 16.0 Å². The van der Waals surface area contributed by atoms with Crippen LogP contribution in [0.4, 0.5) is 11.4 Å². The summed E-state index contributed by atoms with van der Waals surface area (Å²) in [6, 6.07) is 16.8. The van der Waals surface area contributed by atoms with Crippen molar-refractivity contribution < 1.29 is 9.59 Å². The summed E-state index contributed by atoms with van der Waals surface area (Å²) in [6.45, 7) is 2.09. The zero-order valence-corrected chi connectivity index (χ0v) is 16.3. The van der Waals surface area contributed by atoms with Crippen molar-refractivity contribution in [2.24, 2.45) is 0 Å². The van der Waals surface area contributed by atoms with Crippen LogP contribution in [0.3, 0.4) is 0 Å². The van der Waals surface area contributed by atoms with Crippen LogP contribution in [-0.2, 0) is 16.0 Å². The van der Waals surface area contributed by atoms with Gasteiger partial charge in [0.2, 0.25) is 11.8 Å². The number of hydrogen-bond acceptors (Lipinski definition) is 3. The maximum absolute atomic E-state index is 12.2. The molecule has 3 N–H and O–H groups in total. The molecule has 0 heterocycles. The molecule has 0 aromatic heterocycles. The molecule has 0 saturated carbocycles. The van der Waals surface area contributed by atoms with Gasteiger partial charge in [-0.1, -0.05) is 56.2 Å². The molecule has 0 spiro atoms. The van der Waals surface area contributed by atoms with Gasteiger partial charge in [-0.2, -0.15) is 0 Å². The Morgan fingerprint density at radius 2 is 1.59 bits per heavy atom. The Hall–Kier alpha value is -2.73. The molecule has 0 aliphatic rings. The van der Waals surface area contributed by atoms with Gasteiger partial charge in [0.05, 0.1) is 6.42 Å². The van der Waals surface area contributed by atoms with Gasteiger partial charge in [0.1, 0.15) is 0 Å². The highest BCUT2D eigenvalue weighted by molar-refractivity contribution is 7.80. The minimum absolute atomic E-state index is 0.0896. The third kappa shape index (κ3) is 8.00. The van der Waals surface area contributed by atoms with Gasteiger partial charge >= 0.3 is 0 Å². The summed E-state index contributed by atoms with van der Waals surface area (Å²) in [5, 5.41) is 8.77. The molecule has 0 bridgehead atoms. The van der Waals surface area contributed by atoms with Crippen molar-refractivity contribution in [2.75, 3.05) is 10.6 Å². The van der Waals surface area contributed by atoms with Gasteiger partial charge in [-0.25, -0.2) is 0 Å². The van der Waals surface area contributed by atoms with E-state index in [2.05, 4.69) is 22.9 Å². The van der Waals surface area contributed by atoms with Crippen LogP contribution in [0.2, 0.25) is 0 Å². The number of unbranched alkanes of at least 4 members (excludes halogenated alkanes) is 2. The number of anilines is 2. The van der Waals surface area contributed by atoms with Crippen LogP contribution in [0.25, 0.3) is 0 Å². The van der Waals surface area contributed by atoms with Crippen LogP contribution < -0.4 is 16.0 Å². The normalized spacial score (nSPS) is 10.1. The van der Waals surface area contributed by atoms with E-state index in [1.165, 1.54) is 0 Å². The van der Waals surface area contributed by atoms with Crippen molar-refractivity contribution in [1.82, 2.24) is 5.32 Å². The lowest BCUT2D eigenvalue weighted by Gasteiger charge is -2.11. The Bertz CT molecular complexity index is 778. The lowest BCUT2D eigenvalue weighted by Crippen LogP contribution is -2.33. The molecule has 27 heavy (non-hydrogen) atoms. The van der Waals surface area contributed by atoms with E-state index in [1.54, 1.807) is 12.1 Å². The Kier molecular flexibility index (Phi) is 8.45. The minimum atomic E-state index is -0.0925. The van der Waals surface area contributed by atoms with Crippen LogP contribution >= 0.6 is 12.2 Å². The summed E-state index contributed by atoms with van der Waals surface area (Å²) < 4.78 is 0. The van der Waals surface area contributed by atoms with E-state index in [9.17, 15) is 9.59 Å². The Morgan fingerprint density at radius 3 is 2.30 bits per heavy atom. The van der Waals surface area contributed by atoms with Crippen molar-refractivity contribution in [3.63, 3.8) is 0 Å². The first kappa shape index (κ1) is 20.6. The summed E-state index contributed by atoms with van der Waals surface area (Å²) in [5.41, 5.74) is 2.32. The molecule has 5 nitrogen and oxygen atoms in total. The van der Waals surface area contributed by atoms with E-state index >= 15 is 0 Å². The first-order chi connectivity index (χ1) is 13.1. The first-order valence-electron chi connectivity index (χ1n) is 9.11. The molecule has 2 aromatic rings. The third-order valence-corrected chi connectivity index (χ3v) is 4.08. The number of amides is 2. The van der Waals surface area contributed by atoms with Crippen LogP contribution in [0.5, 0.6) is 0 Å². The zero-order chi connectivity index (χ0) is 19.5. The number of benzene rings is 2. The number of rotatable bonds is 8. The molecule has 2 aromatic carbocycles. The lowest BCUT2D eigenvalue weighted by molar-refractivity contribution is -0.119. The van der Waals surface area contributed by atoms with Crippen LogP contribution in [0, 0.1) is 0 Å². The van der Waals surface area contributed by atoms with Crippen LogP contribution in [-0.4, -0.2) is 16.9 Å². The highest BCUT2D eigenvalue weighted by Crippen LogP contribution is 2.15. The molecule has 0 aliphatic carbocycles. The average Bonchev–Trinajstić information content (AvgIpc) is 2.62. The second kappa shape index (κ2) is 11.1.